The summed E-state index contributed by atoms with van der Waals surface area (Å²) >= 11 is 7.15. The lowest BCUT2D eigenvalue weighted by Crippen LogP contribution is -2.26. The first-order valence-corrected chi connectivity index (χ1v) is 12.9. The maximum atomic E-state index is 12.5. The molecule has 0 saturated heterocycles. The van der Waals surface area contributed by atoms with Crippen molar-refractivity contribution < 1.29 is 13.7 Å². The van der Waals surface area contributed by atoms with Crippen molar-refractivity contribution in [2.24, 2.45) is 9.98 Å². The summed E-state index contributed by atoms with van der Waals surface area (Å²) in [6, 6.07) is 0. The van der Waals surface area contributed by atoms with Crippen LogP contribution in [-0.4, -0.2) is 42.2 Å². The van der Waals surface area contributed by atoms with Crippen LogP contribution in [0.3, 0.4) is 0 Å². The number of halogens is 2. The SMILES string of the molecule is C#C.C=CCF.C=CN=CSNC(=NCCCNC(=O)c1c(CC(=C)Cl)noc1C)/C(C)=C/CC.CC. The smallest absolute Gasteiger partial charge is 0.256 e. The van der Waals surface area contributed by atoms with E-state index in [1.54, 1.807) is 12.5 Å². The predicted octanol–water partition coefficient (Wildman–Crippen LogP) is 6.98. The van der Waals surface area contributed by atoms with Gasteiger partial charge in [0.25, 0.3) is 5.91 Å². The van der Waals surface area contributed by atoms with Gasteiger partial charge in [-0.05, 0) is 44.2 Å². The molecule has 0 bridgehead atoms. The number of hydrogen-bond donors (Lipinski definition) is 2. The molecule has 2 N–H and O–H groups in total. The van der Waals surface area contributed by atoms with Gasteiger partial charge in [-0.25, -0.2) is 4.39 Å². The number of aromatic nitrogens is 1. The average Bonchev–Trinajstić information content (AvgIpc) is 3.26. The molecular weight excluding hydrogens is 513 g/mol. The summed E-state index contributed by atoms with van der Waals surface area (Å²) in [5, 5.41) is 7.16. The summed E-state index contributed by atoms with van der Waals surface area (Å²) in [6.07, 6.45) is 14.7. The molecule has 0 aromatic carbocycles. The van der Waals surface area contributed by atoms with Crippen molar-refractivity contribution in [2.45, 2.75) is 53.9 Å². The number of carbonyl (C=O) groups excluding carboxylic acids is 1. The second-order valence-electron chi connectivity index (χ2n) is 6.49. The lowest BCUT2D eigenvalue weighted by Gasteiger charge is -2.08. The van der Waals surface area contributed by atoms with Gasteiger partial charge in [-0.15, -0.1) is 19.4 Å². The highest BCUT2D eigenvalue weighted by atomic mass is 35.5. The Morgan fingerprint density at radius 2 is 1.95 bits per heavy atom. The Bertz CT molecular complexity index is 908. The Kier molecular flexibility index (Phi) is 28.6. The van der Waals surface area contributed by atoms with Gasteiger partial charge < -0.3 is 14.6 Å². The number of amides is 1. The number of aliphatic imine (C=N–C) groups is 2. The van der Waals surface area contributed by atoms with Crippen molar-refractivity contribution in [1.82, 2.24) is 15.2 Å². The first-order valence-electron chi connectivity index (χ1n) is 11.6. The van der Waals surface area contributed by atoms with Crippen LogP contribution in [0.15, 0.2) is 63.2 Å². The number of carbonyl (C=O) groups is 1. The van der Waals surface area contributed by atoms with Gasteiger partial charge in [-0.3, -0.25) is 14.8 Å². The quantitative estimate of drug-likeness (QED) is 0.0686. The number of amidine groups is 1. The molecule has 0 spiro atoms. The molecule has 10 heteroatoms. The molecule has 0 aliphatic heterocycles. The Morgan fingerprint density at radius 1 is 1.32 bits per heavy atom. The molecule has 0 radical (unpaired) electrons. The van der Waals surface area contributed by atoms with Gasteiger partial charge in [0.1, 0.15) is 29.5 Å². The van der Waals surface area contributed by atoms with Gasteiger partial charge in [-0.2, -0.15) is 0 Å². The summed E-state index contributed by atoms with van der Waals surface area (Å²) < 4.78 is 18.9. The molecule has 0 unspecified atom stereocenters. The summed E-state index contributed by atoms with van der Waals surface area (Å²) in [5.74, 6) is 1.01. The molecule has 7 nitrogen and oxygen atoms in total. The average molecular weight is 554 g/mol. The molecule has 37 heavy (non-hydrogen) atoms. The van der Waals surface area contributed by atoms with E-state index in [-0.39, 0.29) is 12.3 Å². The highest BCUT2D eigenvalue weighted by Crippen LogP contribution is 2.17. The highest BCUT2D eigenvalue weighted by molar-refractivity contribution is 8.10. The molecule has 1 heterocycles. The predicted molar refractivity (Wildman–Crippen MR) is 160 cm³/mol. The molecule has 0 fully saturated rings. The van der Waals surface area contributed by atoms with E-state index in [9.17, 15) is 9.18 Å². The van der Waals surface area contributed by atoms with Crippen LogP contribution < -0.4 is 10.0 Å². The fourth-order valence-corrected chi connectivity index (χ4v) is 3.03. The summed E-state index contributed by atoms with van der Waals surface area (Å²) in [4.78, 5) is 21.0. The molecule has 0 saturated carbocycles. The number of hydrogen-bond acceptors (Lipinski definition) is 6. The zero-order valence-corrected chi connectivity index (χ0v) is 24.2. The summed E-state index contributed by atoms with van der Waals surface area (Å²) in [6.45, 7) is 20.7. The van der Waals surface area contributed by atoms with E-state index >= 15 is 0 Å². The van der Waals surface area contributed by atoms with Crippen LogP contribution in [0.4, 0.5) is 4.39 Å². The third kappa shape index (κ3) is 19.7. The molecule has 1 rings (SSSR count). The van der Waals surface area contributed by atoms with E-state index in [2.05, 4.69) is 70.8 Å². The van der Waals surface area contributed by atoms with Crippen molar-refractivity contribution >= 4 is 40.8 Å². The van der Waals surface area contributed by atoms with Crippen LogP contribution in [0, 0.1) is 19.8 Å². The zero-order chi connectivity index (χ0) is 29.1. The Labute approximate surface area is 231 Å². The number of allylic oxidation sites excluding steroid dienone is 3. The number of nitrogens with zero attached hydrogens (tertiary/aromatic N) is 3. The van der Waals surface area contributed by atoms with Gasteiger partial charge in [0.15, 0.2) is 0 Å². The Morgan fingerprint density at radius 3 is 2.46 bits per heavy atom. The van der Waals surface area contributed by atoms with Crippen molar-refractivity contribution in [2.75, 3.05) is 19.8 Å². The highest BCUT2D eigenvalue weighted by Gasteiger charge is 2.20. The van der Waals surface area contributed by atoms with Crippen LogP contribution in [0.2, 0.25) is 0 Å². The Balaban J connectivity index is -0.00000128. The number of alkyl halides is 1. The fourth-order valence-electron chi connectivity index (χ4n) is 2.37. The molecular formula is C27H41ClFN5O2S. The number of rotatable bonds is 13. The molecule has 0 aliphatic rings. The first kappa shape index (κ1) is 38.4. The molecule has 1 aromatic heterocycles. The van der Waals surface area contributed by atoms with Crippen LogP contribution in [-0.2, 0) is 6.42 Å². The number of aryl methyl sites for hydroxylation is 1. The van der Waals surface area contributed by atoms with Gasteiger partial charge in [0, 0.05) is 30.7 Å². The van der Waals surface area contributed by atoms with E-state index in [1.165, 1.54) is 24.2 Å². The van der Waals surface area contributed by atoms with E-state index < -0.39 is 6.67 Å². The van der Waals surface area contributed by atoms with Crippen molar-refractivity contribution in [3.8, 4) is 12.8 Å². The summed E-state index contributed by atoms with van der Waals surface area (Å²) in [7, 11) is 0. The number of nitrogens with one attached hydrogen (secondary N) is 2. The molecule has 0 aliphatic carbocycles. The Hall–Kier alpha value is -3.09. The monoisotopic (exact) mass is 553 g/mol. The van der Waals surface area contributed by atoms with Crippen molar-refractivity contribution in [3.63, 3.8) is 0 Å². The van der Waals surface area contributed by atoms with Gasteiger partial charge in [0.2, 0.25) is 0 Å². The first-order chi connectivity index (χ1) is 17.8. The molecule has 0 atom stereocenters. The summed E-state index contributed by atoms with van der Waals surface area (Å²) in [5.41, 5.74) is 3.61. The third-order valence-electron chi connectivity index (χ3n) is 3.78. The van der Waals surface area contributed by atoms with Crippen LogP contribution in [0.1, 0.15) is 62.3 Å². The number of terminal acetylenes is 1. The maximum Gasteiger partial charge on any atom is 0.256 e. The maximum absolute atomic E-state index is 12.5. The third-order valence-corrected chi connectivity index (χ3v) is 4.45. The van der Waals surface area contributed by atoms with Gasteiger partial charge in [-0.1, -0.05) is 62.8 Å². The minimum Gasteiger partial charge on any atom is -0.361 e. The standard InChI is InChI=1S/C20H28ClN5O2S.C3H5F.C2H6.C2H2/c1-6-9-14(3)19(26-29-13-22-7-2)23-10-8-11-24-20(27)18-16(5)28-25-17(18)12-15(4)21;1-2-3-4;2*1-2/h7,9,13H,2,4,6,8,10-12H2,1,3,5H3,(H,23,26)(H,24,27);2H,1,3H2;1-2H3;1-2H/b14-9+,22-13?;;;. The van der Waals surface area contributed by atoms with Gasteiger partial charge in [0.05, 0.1) is 5.55 Å². The second-order valence-corrected chi connectivity index (χ2v) is 7.67. The molecule has 206 valence electrons. The minimum absolute atomic E-state index is 0.239. The van der Waals surface area contributed by atoms with Crippen molar-refractivity contribution in [3.05, 3.63) is 65.7 Å². The lowest BCUT2D eigenvalue weighted by atomic mass is 10.1. The lowest BCUT2D eigenvalue weighted by molar-refractivity contribution is 0.0951. The van der Waals surface area contributed by atoms with Crippen LogP contribution in [0.5, 0.6) is 0 Å². The van der Waals surface area contributed by atoms with Crippen LogP contribution >= 0.6 is 23.5 Å². The van der Waals surface area contributed by atoms with E-state index in [0.717, 1.165) is 17.8 Å². The fraction of sp³-hybridized carbons (Fsp3) is 0.407. The van der Waals surface area contributed by atoms with Crippen molar-refractivity contribution in [1.29, 1.82) is 0 Å². The van der Waals surface area contributed by atoms with E-state index in [0.29, 0.717) is 41.6 Å². The normalized spacial score (nSPS) is 10.5. The van der Waals surface area contributed by atoms with E-state index in [4.69, 9.17) is 16.1 Å². The second kappa shape index (κ2) is 27.5. The van der Waals surface area contributed by atoms with Crippen LogP contribution in [0.25, 0.3) is 0 Å². The van der Waals surface area contributed by atoms with E-state index in [1.807, 2.05) is 20.8 Å². The zero-order valence-electron chi connectivity index (χ0n) is 22.7. The van der Waals surface area contributed by atoms with Gasteiger partial charge >= 0.3 is 0 Å². The molecule has 1 amide bonds. The minimum atomic E-state index is -0.417. The largest absolute Gasteiger partial charge is 0.361 e. The molecule has 1 aromatic rings. The topological polar surface area (TPSA) is 91.9 Å².